The molecule has 4 heteroatoms. The molecule has 1 aromatic heterocycles. The molecule has 2 aliphatic carbocycles. The fourth-order valence-electron chi connectivity index (χ4n) is 9.67. The van der Waals surface area contributed by atoms with Crippen molar-refractivity contribution in [3.63, 3.8) is 0 Å². The van der Waals surface area contributed by atoms with Crippen LogP contribution in [-0.4, -0.2) is 0 Å². The number of fused-ring (bicyclic) bond motifs is 13. The molecule has 2 nitrogen and oxygen atoms in total. The van der Waals surface area contributed by atoms with E-state index in [4.69, 9.17) is 16.3 Å². The van der Waals surface area contributed by atoms with Crippen molar-refractivity contribution in [1.29, 1.82) is 0 Å². The van der Waals surface area contributed by atoms with Crippen LogP contribution in [0.2, 0.25) is 5.02 Å². The molecule has 8 aromatic carbocycles. The van der Waals surface area contributed by atoms with E-state index < -0.39 is 5.41 Å². The highest BCUT2D eigenvalue weighted by Gasteiger charge is 2.51. The van der Waals surface area contributed by atoms with Crippen LogP contribution in [0.1, 0.15) is 33.4 Å². The average Bonchev–Trinajstić information content (AvgIpc) is 3.92. The van der Waals surface area contributed by atoms with E-state index >= 15 is 0 Å². The lowest BCUT2D eigenvalue weighted by atomic mass is 9.66. The van der Waals surface area contributed by atoms with Crippen molar-refractivity contribution >= 4 is 50.1 Å². The van der Waals surface area contributed by atoms with Gasteiger partial charge in [-0.2, -0.15) is 0 Å². The molecule has 0 saturated carbocycles. The second kappa shape index (κ2) is 12.1. The minimum Gasteiger partial charge on any atom is -0.457 e. The summed E-state index contributed by atoms with van der Waals surface area (Å²) in [5.41, 5.74) is 16.3. The molecule has 0 unspecified atom stereocenters. The Kier molecular flexibility index (Phi) is 6.87. The van der Waals surface area contributed by atoms with Gasteiger partial charge < -0.3 is 9.64 Å². The van der Waals surface area contributed by atoms with Gasteiger partial charge in [-0.25, -0.2) is 0 Å². The molecule has 264 valence electrons. The van der Waals surface area contributed by atoms with Gasteiger partial charge >= 0.3 is 0 Å². The average molecular weight is 754 g/mol. The molecule has 12 rings (SSSR count). The molecule has 56 heavy (non-hydrogen) atoms. The Morgan fingerprint density at radius 1 is 0.482 bits per heavy atom. The third kappa shape index (κ3) is 4.50. The zero-order valence-corrected chi connectivity index (χ0v) is 31.7. The molecule has 0 fully saturated rings. The van der Waals surface area contributed by atoms with Gasteiger partial charge in [0.2, 0.25) is 0 Å². The monoisotopic (exact) mass is 753 g/mol. The molecule has 1 spiro atoms. The Balaban J connectivity index is 1.16. The highest BCUT2D eigenvalue weighted by Crippen LogP contribution is 2.63. The summed E-state index contributed by atoms with van der Waals surface area (Å²) in [6.45, 7) is 0. The van der Waals surface area contributed by atoms with Crippen molar-refractivity contribution in [1.82, 2.24) is 0 Å². The van der Waals surface area contributed by atoms with Gasteiger partial charge in [0.15, 0.2) is 0 Å². The van der Waals surface area contributed by atoms with Crippen LogP contribution < -0.4 is 9.64 Å². The maximum atomic E-state index is 6.91. The van der Waals surface area contributed by atoms with Crippen LogP contribution in [0.4, 0.5) is 17.1 Å². The molecular formula is C52H32ClNOS. The van der Waals surface area contributed by atoms with Crippen LogP contribution in [0, 0.1) is 0 Å². The quantitative estimate of drug-likeness (QED) is 0.177. The van der Waals surface area contributed by atoms with E-state index in [-0.39, 0.29) is 0 Å². The number of rotatable bonds is 4. The van der Waals surface area contributed by atoms with Gasteiger partial charge in [0, 0.05) is 42.7 Å². The summed E-state index contributed by atoms with van der Waals surface area (Å²) in [7, 11) is 0. The third-order valence-electron chi connectivity index (χ3n) is 12.0. The molecule has 0 saturated heterocycles. The molecule has 0 bridgehead atoms. The minimum atomic E-state index is -0.646. The standard InChI is InChI=1S/C52H32ClNOS/c53-35-22-24-39-40-25-23-37(30-46(40)52(45(39)29-35)43-17-7-9-19-48(43)55-49-20-10-8-18-44(49)52)54(36-14-2-1-3-15-36)47-27-34-26-32-12-4-6-16-38(32)41(34)31-42(47)51-28-33-13-5-11-21-50(33)56-51/h1-25,27-31H,26H2. The Morgan fingerprint density at radius 2 is 1.16 bits per heavy atom. The smallest absolute Gasteiger partial charge is 0.132 e. The van der Waals surface area contributed by atoms with E-state index in [0.717, 1.165) is 51.1 Å². The van der Waals surface area contributed by atoms with Gasteiger partial charge in [-0.1, -0.05) is 121 Å². The maximum Gasteiger partial charge on any atom is 0.132 e. The second-order valence-corrected chi connectivity index (χ2v) is 16.5. The van der Waals surface area contributed by atoms with Crippen molar-refractivity contribution in [3.8, 4) is 44.2 Å². The van der Waals surface area contributed by atoms with Crippen molar-refractivity contribution in [2.75, 3.05) is 4.90 Å². The normalized spacial score (nSPS) is 13.7. The molecular weight excluding hydrogens is 722 g/mol. The Bertz CT molecular complexity index is 2990. The first-order chi connectivity index (χ1) is 27.6. The third-order valence-corrected chi connectivity index (χ3v) is 13.4. The number of para-hydroxylation sites is 3. The Morgan fingerprint density at radius 3 is 1.96 bits per heavy atom. The van der Waals surface area contributed by atoms with Crippen LogP contribution in [-0.2, 0) is 11.8 Å². The fourth-order valence-corrected chi connectivity index (χ4v) is 10.9. The molecule has 3 aliphatic rings. The molecule has 0 amide bonds. The first-order valence-electron chi connectivity index (χ1n) is 19.1. The summed E-state index contributed by atoms with van der Waals surface area (Å²) in [4.78, 5) is 3.73. The molecule has 9 aromatic rings. The zero-order valence-electron chi connectivity index (χ0n) is 30.2. The van der Waals surface area contributed by atoms with Gasteiger partial charge in [-0.15, -0.1) is 11.3 Å². The lowest BCUT2D eigenvalue weighted by Gasteiger charge is -2.39. The Labute approximate surface area is 334 Å². The predicted octanol–water partition coefficient (Wildman–Crippen LogP) is 14.7. The molecule has 0 radical (unpaired) electrons. The maximum absolute atomic E-state index is 6.91. The topological polar surface area (TPSA) is 12.5 Å². The van der Waals surface area contributed by atoms with Crippen LogP contribution >= 0.6 is 22.9 Å². The summed E-state index contributed by atoms with van der Waals surface area (Å²) in [5, 5.41) is 1.98. The van der Waals surface area contributed by atoms with Gasteiger partial charge in [0.05, 0.1) is 11.1 Å². The number of hydrogen-bond acceptors (Lipinski definition) is 3. The number of hydrogen-bond donors (Lipinski definition) is 0. The van der Waals surface area contributed by atoms with Crippen LogP contribution in [0.3, 0.4) is 0 Å². The summed E-state index contributed by atoms with van der Waals surface area (Å²) < 4.78 is 7.94. The lowest BCUT2D eigenvalue weighted by molar-refractivity contribution is 0.436. The van der Waals surface area contributed by atoms with Crippen molar-refractivity contribution in [3.05, 3.63) is 220 Å². The van der Waals surface area contributed by atoms with Gasteiger partial charge in [-0.3, -0.25) is 0 Å². The highest BCUT2D eigenvalue weighted by molar-refractivity contribution is 7.22. The largest absolute Gasteiger partial charge is 0.457 e. The number of halogens is 1. The molecule has 0 atom stereocenters. The van der Waals surface area contributed by atoms with Gasteiger partial charge in [0.25, 0.3) is 0 Å². The van der Waals surface area contributed by atoms with E-state index in [1.807, 2.05) is 17.4 Å². The number of thiophene rings is 1. The Hall–Kier alpha value is -6.39. The van der Waals surface area contributed by atoms with Crippen LogP contribution in [0.15, 0.2) is 182 Å². The van der Waals surface area contributed by atoms with E-state index in [1.165, 1.54) is 65.0 Å². The van der Waals surface area contributed by atoms with E-state index in [0.29, 0.717) is 0 Å². The first kappa shape index (κ1) is 31.9. The summed E-state index contributed by atoms with van der Waals surface area (Å²) >= 11 is 8.77. The summed E-state index contributed by atoms with van der Waals surface area (Å²) in [6, 6.07) is 66.2. The van der Waals surface area contributed by atoms with E-state index in [2.05, 4.69) is 181 Å². The van der Waals surface area contributed by atoms with E-state index in [9.17, 15) is 0 Å². The summed E-state index contributed by atoms with van der Waals surface area (Å²) in [6.07, 6.45) is 0.908. The SMILES string of the molecule is Clc1ccc2c(c1)C1(c3ccccc3Oc3ccccc31)c1cc(N(c3ccccc3)c3cc4c(cc3-c3cc5ccccc5s3)-c3ccccc3C4)ccc1-2. The summed E-state index contributed by atoms with van der Waals surface area (Å²) in [5.74, 6) is 1.72. The van der Waals surface area contributed by atoms with Crippen molar-refractivity contribution in [2.24, 2.45) is 0 Å². The number of ether oxygens (including phenoxy) is 1. The number of nitrogens with zero attached hydrogens (tertiary/aromatic N) is 1. The zero-order chi connectivity index (χ0) is 37.0. The first-order valence-corrected chi connectivity index (χ1v) is 20.3. The lowest BCUT2D eigenvalue weighted by Crippen LogP contribution is -2.32. The molecule has 2 heterocycles. The number of benzene rings is 8. The van der Waals surface area contributed by atoms with Gasteiger partial charge in [0.1, 0.15) is 11.5 Å². The predicted molar refractivity (Wildman–Crippen MR) is 233 cm³/mol. The van der Waals surface area contributed by atoms with E-state index in [1.54, 1.807) is 0 Å². The number of anilines is 3. The van der Waals surface area contributed by atoms with Crippen LogP contribution in [0.5, 0.6) is 11.5 Å². The highest BCUT2D eigenvalue weighted by atomic mass is 35.5. The van der Waals surface area contributed by atoms with Gasteiger partial charge in [-0.05, 0) is 129 Å². The van der Waals surface area contributed by atoms with Crippen molar-refractivity contribution in [2.45, 2.75) is 11.8 Å². The van der Waals surface area contributed by atoms with Crippen molar-refractivity contribution < 1.29 is 4.74 Å². The molecule has 0 N–H and O–H groups in total. The second-order valence-electron chi connectivity index (χ2n) is 14.9. The fraction of sp³-hybridized carbons (Fsp3) is 0.0385. The minimum absolute atomic E-state index is 0.646. The molecule has 1 aliphatic heterocycles. The van der Waals surface area contributed by atoms with Crippen LogP contribution in [0.25, 0.3) is 42.8 Å².